The first-order valence-electron chi connectivity index (χ1n) is 10.1. The lowest BCUT2D eigenvalue weighted by Crippen LogP contribution is -2.40. The van der Waals surface area contributed by atoms with E-state index in [0.717, 1.165) is 36.3 Å². The lowest BCUT2D eigenvalue weighted by Gasteiger charge is -2.26. The molecule has 0 radical (unpaired) electrons. The third kappa shape index (κ3) is 4.81. The molecule has 0 spiro atoms. The molecule has 0 unspecified atom stereocenters. The van der Waals surface area contributed by atoms with Crippen LogP contribution in [-0.4, -0.2) is 40.2 Å². The molecule has 2 aromatic carbocycles. The van der Waals surface area contributed by atoms with Crippen LogP contribution in [0.25, 0.3) is 11.3 Å². The molecule has 1 atom stereocenters. The predicted molar refractivity (Wildman–Crippen MR) is 116 cm³/mol. The van der Waals surface area contributed by atoms with Crippen molar-refractivity contribution in [3.63, 3.8) is 0 Å². The van der Waals surface area contributed by atoms with Crippen molar-refractivity contribution < 1.29 is 4.79 Å². The average molecular weight is 386 g/mol. The van der Waals surface area contributed by atoms with Gasteiger partial charge >= 0.3 is 0 Å². The summed E-state index contributed by atoms with van der Waals surface area (Å²) in [5.41, 5.74) is 4.62. The number of nitrogens with one attached hydrogen (secondary N) is 1. The van der Waals surface area contributed by atoms with E-state index in [4.69, 9.17) is 0 Å². The highest BCUT2D eigenvalue weighted by Crippen LogP contribution is 2.23. The van der Waals surface area contributed by atoms with Crippen molar-refractivity contribution in [2.75, 3.05) is 19.6 Å². The minimum absolute atomic E-state index is 0.0171. The second kappa shape index (κ2) is 8.88. The summed E-state index contributed by atoms with van der Waals surface area (Å²) in [7, 11) is 0. The number of nitrogens with zero attached hydrogens (tertiary/aromatic N) is 3. The zero-order valence-electron chi connectivity index (χ0n) is 16.7. The van der Waals surface area contributed by atoms with Crippen LogP contribution in [0.1, 0.15) is 30.5 Å². The fourth-order valence-corrected chi connectivity index (χ4v) is 3.64. The van der Waals surface area contributed by atoms with Gasteiger partial charge in [-0.2, -0.15) is 5.10 Å². The highest BCUT2D eigenvalue weighted by Gasteiger charge is 2.18. The number of carbonyl (C=O) groups is 1. The van der Waals surface area contributed by atoms with Gasteiger partial charge in [0, 0.05) is 24.8 Å². The molecule has 29 heavy (non-hydrogen) atoms. The number of benzene rings is 2. The molecule has 2 heterocycles. The Morgan fingerprint density at radius 1 is 1.10 bits per heavy atom. The number of aromatic nitrogens is 2. The number of hydrogen-bond donors (Lipinski definition) is 1. The first-order valence-corrected chi connectivity index (χ1v) is 10.1. The average Bonchev–Trinajstić information content (AvgIpc) is 3.26. The second-order valence-electron chi connectivity index (χ2n) is 7.42. The molecular formula is C24H26N4O. The van der Waals surface area contributed by atoms with E-state index in [1.54, 1.807) is 0 Å². The number of hydrogen-bond acceptors (Lipinski definition) is 3. The Balaban J connectivity index is 1.32. The van der Waals surface area contributed by atoms with E-state index in [0.29, 0.717) is 6.54 Å². The van der Waals surface area contributed by atoms with Gasteiger partial charge in [0.05, 0.1) is 24.5 Å². The maximum Gasteiger partial charge on any atom is 0.234 e. The number of carbonyl (C=O) groups excluding carboxylic acids is 1. The SMILES string of the molecule is C[C@H](NC(=O)CN1CC=C(c2cnn(-c3ccccc3)c2)CC1)c1ccccc1. The minimum Gasteiger partial charge on any atom is -0.348 e. The molecule has 1 N–H and O–H groups in total. The van der Waals surface area contributed by atoms with E-state index in [9.17, 15) is 4.79 Å². The van der Waals surface area contributed by atoms with Gasteiger partial charge < -0.3 is 5.32 Å². The van der Waals surface area contributed by atoms with Gasteiger partial charge in [-0.25, -0.2) is 4.68 Å². The van der Waals surface area contributed by atoms with Crippen molar-refractivity contribution in [2.24, 2.45) is 0 Å². The Bertz CT molecular complexity index is 978. The molecule has 1 aliphatic heterocycles. The fourth-order valence-electron chi connectivity index (χ4n) is 3.64. The van der Waals surface area contributed by atoms with Crippen molar-refractivity contribution in [1.29, 1.82) is 0 Å². The molecule has 4 rings (SSSR count). The number of para-hydroxylation sites is 1. The van der Waals surface area contributed by atoms with Crippen molar-refractivity contribution >= 4 is 11.5 Å². The highest BCUT2D eigenvalue weighted by molar-refractivity contribution is 5.78. The maximum absolute atomic E-state index is 12.4. The summed E-state index contributed by atoms with van der Waals surface area (Å²) in [6.45, 7) is 4.09. The lowest BCUT2D eigenvalue weighted by atomic mass is 10.0. The van der Waals surface area contributed by atoms with E-state index in [1.807, 2.05) is 78.5 Å². The summed E-state index contributed by atoms with van der Waals surface area (Å²) >= 11 is 0. The van der Waals surface area contributed by atoms with Gasteiger partial charge in [-0.15, -0.1) is 0 Å². The highest BCUT2D eigenvalue weighted by atomic mass is 16.2. The summed E-state index contributed by atoms with van der Waals surface area (Å²) in [5, 5.41) is 7.58. The van der Waals surface area contributed by atoms with Crippen LogP contribution in [0, 0.1) is 0 Å². The van der Waals surface area contributed by atoms with Crippen molar-refractivity contribution in [3.05, 3.63) is 90.3 Å². The quantitative estimate of drug-likeness (QED) is 0.700. The molecule has 0 fully saturated rings. The molecule has 0 saturated heterocycles. The number of amides is 1. The molecule has 0 saturated carbocycles. The van der Waals surface area contributed by atoms with E-state index in [2.05, 4.69) is 27.6 Å². The Hall–Kier alpha value is -3.18. The molecule has 0 aliphatic carbocycles. The lowest BCUT2D eigenvalue weighted by molar-refractivity contribution is -0.122. The van der Waals surface area contributed by atoms with Crippen LogP contribution in [0.4, 0.5) is 0 Å². The van der Waals surface area contributed by atoms with Crippen LogP contribution >= 0.6 is 0 Å². The van der Waals surface area contributed by atoms with E-state index >= 15 is 0 Å². The molecule has 148 valence electrons. The first-order chi connectivity index (χ1) is 14.2. The monoisotopic (exact) mass is 386 g/mol. The predicted octanol–water partition coefficient (Wildman–Crippen LogP) is 3.84. The van der Waals surface area contributed by atoms with Crippen LogP contribution in [-0.2, 0) is 4.79 Å². The van der Waals surface area contributed by atoms with Crippen LogP contribution in [0.5, 0.6) is 0 Å². The zero-order valence-corrected chi connectivity index (χ0v) is 16.7. The normalized spacial score (nSPS) is 15.6. The molecule has 1 amide bonds. The summed E-state index contributed by atoms with van der Waals surface area (Å²) in [6.07, 6.45) is 7.12. The van der Waals surface area contributed by atoms with Crippen molar-refractivity contribution in [1.82, 2.24) is 20.0 Å². The molecule has 0 bridgehead atoms. The second-order valence-corrected chi connectivity index (χ2v) is 7.42. The van der Waals surface area contributed by atoms with Gasteiger partial charge in [-0.3, -0.25) is 9.69 Å². The molecule has 5 heteroatoms. The van der Waals surface area contributed by atoms with Crippen LogP contribution in [0.3, 0.4) is 0 Å². The summed E-state index contributed by atoms with van der Waals surface area (Å²) < 4.78 is 1.90. The van der Waals surface area contributed by atoms with Crippen molar-refractivity contribution in [2.45, 2.75) is 19.4 Å². The van der Waals surface area contributed by atoms with Crippen molar-refractivity contribution in [3.8, 4) is 5.69 Å². The minimum atomic E-state index is 0.0171. The van der Waals surface area contributed by atoms with E-state index in [-0.39, 0.29) is 11.9 Å². The van der Waals surface area contributed by atoms with Gasteiger partial charge in [0.1, 0.15) is 0 Å². The Labute approximate surface area is 171 Å². The first kappa shape index (κ1) is 19.2. The molecule has 3 aromatic rings. The Kier molecular flexibility index (Phi) is 5.86. The fraction of sp³-hybridized carbons (Fsp3) is 0.250. The summed E-state index contributed by atoms with van der Waals surface area (Å²) in [4.78, 5) is 14.6. The third-order valence-corrected chi connectivity index (χ3v) is 5.31. The number of rotatable bonds is 6. The molecule has 5 nitrogen and oxygen atoms in total. The van der Waals surface area contributed by atoms with Gasteiger partial charge in [-0.1, -0.05) is 54.6 Å². The Morgan fingerprint density at radius 3 is 2.52 bits per heavy atom. The van der Waals surface area contributed by atoms with Gasteiger partial charge in [0.2, 0.25) is 5.91 Å². The van der Waals surface area contributed by atoms with Crippen LogP contribution in [0.2, 0.25) is 0 Å². The van der Waals surface area contributed by atoms with E-state index in [1.165, 1.54) is 5.57 Å². The smallest absolute Gasteiger partial charge is 0.234 e. The third-order valence-electron chi connectivity index (χ3n) is 5.31. The molecule has 1 aromatic heterocycles. The van der Waals surface area contributed by atoms with Gasteiger partial charge in [-0.05, 0) is 36.6 Å². The summed E-state index contributed by atoms with van der Waals surface area (Å²) in [6, 6.07) is 20.2. The largest absolute Gasteiger partial charge is 0.348 e. The van der Waals surface area contributed by atoms with E-state index < -0.39 is 0 Å². The van der Waals surface area contributed by atoms with Gasteiger partial charge in [0.15, 0.2) is 0 Å². The van der Waals surface area contributed by atoms with Crippen LogP contribution < -0.4 is 5.32 Å². The molecule has 1 aliphatic rings. The maximum atomic E-state index is 12.4. The molecular weight excluding hydrogens is 360 g/mol. The Morgan fingerprint density at radius 2 is 1.83 bits per heavy atom. The van der Waals surface area contributed by atoms with Gasteiger partial charge in [0.25, 0.3) is 0 Å². The topological polar surface area (TPSA) is 50.2 Å². The van der Waals surface area contributed by atoms with Crippen LogP contribution in [0.15, 0.2) is 79.1 Å². The zero-order chi connectivity index (χ0) is 20.1. The summed E-state index contributed by atoms with van der Waals surface area (Å²) in [5.74, 6) is 0.0649. The standard InChI is InChI=1S/C24H26N4O/c1-19(20-8-4-2-5-9-20)26-24(29)18-27-14-12-21(13-15-27)22-16-25-28(17-22)23-10-6-3-7-11-23/h2-12,16-17,19H,13-15,18H2,1H3,(H,26,29)/t19-/m0/s1.